The lowest BCUT2D eigenvalue weighted by Gasteiger charge is -2.36. The van der Waals surface area contributed by atoms with E-state index in [-0.39, 0.29) is 17.7 Å². The van der Waals surface area contributed by atoms with Crippen molar-refractivity contribution in [2.75, 3.05) is 13.1 Å². The molecule has 2 N–H and O–H groups in total. The molecule has 3 atom stereocenters. The van der Waals surface area contributed by atoms with Crippen molar-refractivity contribution in [1.82, 2.24) is 15.5 Å². The molecule has 0 aliphatic heterocycles. The summed E-state index contributed by atoms with van der Waals surface area (Å²) < 4.78 is 5.47. The normalized spacial score (nSPS) is 13.7. The van der Waals surface area contributed by atoms with E-state index in [2.05, 4.69) is 31.1 Å². The summed E-state index contributed by atoms with van der Waals surface area (Å²) in [6.07, 6.45) is 6.22. The van der Waals surface area contributed by atoms with Crippen LogP contribution in [0.4, 0.5) is 4.79 Å². The Bertz CT molecular complexity index is 878. The highest BCUT2D eigenvalue weighted by molar-refractivity contribution is 5.92. The Labute approximate surface area is 224 Å². The van der Waals surface area contributed by atoms with Gasteiger partial charge in [-0.15, -0.1) is 0 Å². The summed E-state index contributed by atoms with van der Waals surface area (Å²) in [6.45, 7) is 18.2. The Kier molecular flexibility index (Phi) is 14.0. The first-order valence-electron chi connectivity index (χ1n) is 13.8. The molecule has 3 unspecified atom stereocenters. The summed E-state index contributed by atoms with van der Waals surface area (Å²) in [5.74, 6) is -0.660. The van der Waals surface area contributed by atoms with Crippen LogP contribution in [0.2, 0.25) is 0 Å². The fourth-order valence-corrected chi connectivity index (χ4v) is 4.01. The first-order valence-corrected chi connectivity index (χ1v) is 13.8. The van der Waals surface area contributed by atoms with Crippen molar-refractivity contribution >= 4 is 24.0 Å². The van der Waals surface area contributed by atoms with Crippen molar-refractivity contribution in [3.63, 3.8) is 0 Å². The van der Waals surface area contributed by atoms with E-state index in [1.807, 2.05) is 38.1 Å². The summed E-state index contributed by atoms with van der Waals surface area (Å²) in [5, 5.41) is 5.84. The SMILES string of the molecule is C=Cc1cccc(C(C(=O)NCCCC)N(CCCCC)C(=O)C(NC(=O)OC(C)(C)C)C(C)CC)c1. The first kappa shape index (κ1) is 32.2. The third kappa shape index (κ3) is 11.0. The van der Waals surface area contributed by atoms with Gasteiger partial charge in [-0.2, -0.15) is 0 Å². The Morgan fingerprint density at radius 3 is 2.32 bits per heavy atom. The Morgan fingerprint density at radius 2 is 1.76 bits per heavy atom. The van der Waals surface area contributed by atoms with Crippen LogP contribution in [0, 0.1) is 5.92 Å². The van der Waals surface area contributed by atoms with E-state index in [9.17, 15) is 14.4 Å². The van der Waals surface area contributed by atoms with Crippen LogP contribution in [0.5, 0.6) is 0 Å². The molecule has 1 rings (SSSR count). The van der Waals surface area contributed by atoms with Crippen molar-refractivity contribution in [2.45, 2.75) is 105 Å². The molecule has 0 aliphatic rings. The topological polar surface area (TPSA) is 87.7 Å². The molecular weight excluding hydrogens is 466 g/mol. The van der Waals surface area contributed by atoms with Gasteiger partial charge in [0.1, 0.15) is 17.7 Å². The molecule has 0 heterocycles. The molecule has 0 aromatic heterocycles. The van der Waals surface area contributed by atoms with Gasteiger partial charge in [0.15, 0.2) is 0 Å². The number of alkyl carbamates (subject to hydrolysis) is 1. The van der Waals surface area contributed by atoms with E-state index in [1.165, 1.54) is 0 Å². The van der Waals surface area contributed by atoms with Gasteiger partial charge in [-0.3, -0.25) is 9.59 Å². The molecule has 1 aromatic carbocycles. The fraction of sp³-hybridized carbons (Fsp3) is 0.633. The van der Waals surface area contributed by atoms with Crippen LogP contribution in [0.3, 0.4) is 0 Å². The van der Waals surface area contributed by atoms with Gasteiger partial charge in [0.25, 0.3) is 0 Å². The second-order valence-corrected chi connectivity index (χ2v) is 10.7. The van der Waals surface area contributed by atoms with Gasteiger partial charge in [0, 0.05) is 13.1 Å². The third-order valence-electron chi connectivity index (χ3n) is 6.29. The zero-order valence-electron chi connectivity index (χ0n) is 24.1. The van der Waals surface area contributed by atoms with Crippen LogP contribution in [0.1, 0.15) is 104 Å². The molecule has 0 bridgehead atoms. The lowest BCUT2D eigenvalue weighted by molar-refractivity contribution is -0.143. The zero-order valence-corrected chi connectivity index (χ0v) is 24.1. The number of nitrogens with one attached hydrogen (secondary N) is 2. The lowest BCUT2D eigenvalue weighted by atomic mass is 9.95. The molecule has 0 saturated carbocycles. The molecule has 7 heteroatoms. The van der Waals surface area contributed by atoms with Gasteiger partial charge >= 0.3 is 6.09 Å². The van der Waals surface area contributed by atoms with Gasteiger partial charge in [-0.1, -0.05) is 84.2 Å². The van der Waals surface area contributed by atoms with Crippen molar-refractivity contribution < 1.29 is 19.1 Å². The van der Waals surface area contributed by atoms with E-state index in [1.54, 1.807) is 31.7 Å². The second kappa shape index (κ2) is 16.1. The van der Waals surface area contributed by atoms with Gasteiger partial charge in [-0.05, 0) is 56.7 Å². The molecule has 3 amide bonds. The molecule has 0 radical (unpaired) electrons. The maximum absolute atomic E-state index is 14.2. The molecule has 1 aromatic rings. The maximum Gasteiger partial charge on any atom is 0.408 e. The Balaban J connectivity index is 3.52. The number of carbonyl (C=O) groups is 3. The van der Waals surface area contributed by atoms with E-state index in [4.69, 9.17) is 4.74 Å². The number of hydrogen-bond donors (Lipinski definition) is 2. The number of ether oxygens (including phenoxy) is 1. The van der Waals surface area contributed by atoms with Gasteiger partial charge < -0.3 is 20.3 Å². The highest BCUT2D eigenvalue weighted by atomic mass is 16.6. The average molecular weight is 516 g/mol. The molecule has 0 saturated heterocycles. The van der Waals surface area contributed by atoms with E-state index in [0.29, 0.717) is 19.5 Å². The number of rotatable bonds is 15. The third-order valence-corrected chi connectivity index (χ3v) is 6.29. The number of carbonyl (C=O) groups excluding carboxylic acids is 3. The number of nitrogens with zero attached hydrogens (tertiary/aromatic N) is 1. The predicted octanol–water partition coefficient (Wildman–Crippen LogP) is 6.25. The van der Waals surface area contributed by atoms with Crippen molar-refractivity contribution in [1.29, 1.82) is 0 Å². The van der Waals surface area contributed by atoms with Crippen molar-refractivity contribution in [3.8, 4) is 0 Å². The average Bonchev–Trinajstić information content (AvgIpc) is 2.85. The van der Waals surface area contributed by atoms with E-state index in [0.717, 1.165) is 43.2 Å². The van der Waals surface area contributed by atoms with Crippen LogP contribution >= 0.6 is 0 Å². The van der Waals surface area contributed by atoms with Crippen LogP contribution in [0.15, 0.2) is 30.8 Å². The Hall–Kier alpha value is -2.83. The number of hydrogen-bond acceptors (Lipinski definition) is 4. The first-order chi connectivity index (χ1) is 17.5. The molecule has 7 nitrogen and oxygen atoms in total. The number of benzene rings is 1. The summed E-state index contributed by atoms with van der Waals surface area (Å²) in [4.78, 5) is 42.2. The predicted molar refractivity (Wildman–Crippen MR) is 151 cm³/mol. The molecular formula is C30H49N3O4. The van der Waals surface area contributed by atoms with Crippen LogP contribution in [-0.4, -0.2) is 47.5 Å². The smallest absolute Gasteiger partial charge is 0.408 e. The molecule has 0 fully saturated rings. The van der Waals surface area contributed by atoms with Crippen molar-refractivity contribution in [2.24, 2.45) is 5.92 Å². The van der Waals surface area contributed by atoms with E-state index < -0.39 is 23.8 Å². The summed E-state index contributed by atoms with van der Waals surface area (Å²) in [7, 11) is 0. The second-order valence-electron chi connectivity index (χ2n) is 10.7. The van der Waals surface area contributed by atoms with Crippen LogP contribution < -0.4 is 10.6 Å². The minimum absolute atomic E-state index is 0.156. The van der Waals surface area contributed by atoms with Gasteiger partial charge in [-0.25, -0.2) is 4.79 Å². The minimum atomic E-state index is -0.826. The summed E-state index contributed by atoms with van der Waals surface area (Å²) in [5.41, 5.74) is 0.896. The number of amides is 3. The highest BCUT2D eigenvalue weighted by Gasteiger charge is 2.37. The van der Waals surface area contributed by atoms with Crippen LogP contribution in [0.25, 0.3) is 6.08 Å². The van der Waals surface area contributed by atoms with Gasteiger partial charge in [0.2, 0.25) is 11.8 Å². The highest BCUT2D eigenvalue weighted by Crippen LogP contribution is 2.26. The lowest BCUT2D eigenvalue weighted by Crippen LogP contribution is -2.55. The summed E-state index contributed by atoms with van der Waals surface area (Å²) in [6, 6.07) is 5.91. The molecule has 208 valence electrons. The molecule has 0 aliphatic carbocycles. The monoisotopic (exact) mass is 515 g/mol. The Morgan fingerprint density at radius 1 is 1.08 bits per heavy atom. The van der Waals surface area contributed by atoms with Gasteiger partial charge in [0.05, 0.1) is 0 Å². The van der Waals surface area contributed by atoms with E-state index >= 15 is 0 Å². The minimum Gasteiger partial charge on any atom is -0.444 e. The summed E-state index contributed by atoms with van der Waals surface area (Å²) >= 11 is 0. The fourth-order valence-electron chi connectivity index (χ4n) is 4.01. The molecule has 0 spiro atoms. The van der Waals surface area contributed by atoms with Crippen LogP contribution in [-0.2, 0) is 14.3 Å². The quantitative estimate of drug-likeness (QED) is 0.271. The zero-order chi connectivity index (χ0) is 28.0. The molecule has 37 heavy (non-hydrogen) atoms. The van der Waals surface area contributed by atoms with Crippen molar-refractivity contribution in [3.05, 3.63) is 42.0 Å². The standard InChI is InChI=1S/C30H49N3O4/c1-9-13-15-20-33(28(35)25(22(5)11-3)32-29(36)37-30(6,7)8)26(27(34)31-19-14-10-2)24-18-16-17-23(12-4)21-24/h12,16-18,21-22,25-26H,4,9-11,13-15,19-20H2,1-3,5-8H3,(H,31,34)(H,32,36). The maximum atomic E-state index is 14.2. The largest absolute Gasteiger partial charge is 0.444 e. The number of unbranched alkanes of at least 4 members (excludes halogenated alkanes) is 3.